The van der Waals surface area contributed by atoms with E-state index in [1.54, 1.807) is 31.4 Å². The van der Waals surface area contributed by atoms with Gasteiger partial charge < -0.3 is 10.5 Å². The normalized spacial score (nSPS) is 11.5. The van der Waals surface area contributed by atoms with Crippen molar-refractivity contribution in [3.05, 3.63) is 52.8 Å². The maximum atomic E-state index is 14.2. The van der Waals surface area contributed by atoms with Crippen LogP contribution in [0, 0.1) is 5.82 Å². The number of nitrogens with two attached hydrogens (primary N) is 1. The minimum absolute atomic E-state index is 0.284. The van der Waals surface area contributed by atoms with Gasteiger partial charge in [0.2, 0.25) is 0 Å². The summed E-state index contributed by atoms with van der Waals surface area (Å²) in [4.78, 5) is 0.923. The summed E-state index contributed by atoms with van der Waals surface area (Å²) >= 11 is 7.43. The summed E-state index contributed by atoms with van der Waals surface area (Å²) < 4.78 is 19.0. The van der Waals surface area contributed by atoms with Crippen LogP contribution in [0.15, 0.2) is 41.3 Å². The van der Waals surface area contributed by atoms with Crippen molar-refractivity contribution >= 4 is 29.1 Å². The van der Waals surface area contributed by atoms with Gasteiger partial charge in [-0.1, -0.05) is 17.7 Å². The Kier molecular flexibility index (Phi) is 4.69. The Bertz CT molecular complexity index is 661. The molecule has 2 aromatic carbocycles. The van der Waals surface area contributed by atoms with Gasteiger partial charge in [-0.15, -0.1) is 11.8 Å². The molecule has 0 amide bonds. The van der Waals surface area contributed by atoms with Crippen LogP contribution in [0.5, 0.6) is 5.75 Å². The first-order valence-electron chi connectivity index (χ1n) is 6.42. The summed E-state index contributed by atoms with van der Waals surface area (Å²) in [6, 6.07) is 10.3. The number of halogens is 2. The van der Waals surface area contributed by atoms with E-state index in [9.17, 15) is 4.39 Å². The van der Waals surface area contributed by atoms with E-state index in [1.165, 1.54) is 17.8 Å². The molecule has 0 fully saturated rings. The van der Waals surface area contributed by atoms with Crippen molar-refractivity contribution in [3.63, 3.8) is 0 Å². The van der Waals surface area contributed by atoms with Crippen LogP contribution in [-0.4, -0.2) is 7.11 Å². The van der Waals surface area contributed by atoms with Gasteiger partial charge in [0, 0.05) is 15.2 Å². The number of nitrogen functional groups attached to an aromatic ring is 1. The molecule has 2 N–H and O–H groups in total. The molecule has 0 heterocycles. The van der Waals surface area contributed by atoms with E-state index in [-0.39, 0.29) is 5.82 Å². The highest BCUT2D eigenvalue weighted by atomic mass is 35.5. The zero-order valence-electron chi connectivity index (χ0n) is 12.1. The highest BCUT2D eigenvalue weighted by Gasteiger charge is 2.29. The molecular weight excluding hydrogens is 309 g/mol. The zero-order chi connectivity index (χ0) is 15.6. The summed E-state index contributed by atoms with van der Waals surface area (Å²) in [5, 5.41) is 0.514. The number of anilines is 1. The van der Waals surface area contributed by atoms with Gasteiger partial charge in [0.1, 0.15) is 11.6 Å². The van der Waals surface area contributed by atoms with Crippen LogP contribution >= 0.6 is 23.4 Å². The van der Waals surface area contributed by atoms with Gasteiger partial charge in [-0.05, 0) is 44.2 Å². The van der Waals surface area contributed by atoms with Crippen molar-refractivity contribution in [1.29, 1.82) is 0 Å². The summed E-state index contributed by atoms with van der Waals surface area (Å²) in [6.45, 7) is 3.90. The molecule has 0 bridgehead atoms. The molecule has 0 aliphatic rings. The lowest BCUT2D eigenvalue weighted by Gasteiger charge is -2.27. The molecule has 21 heavy (non-hydrogen) atoms. The number of thioether (sulfide) groups is 1. The topological polar surface area (TPSA) is 35.2 Å². The number of hydrogen-bond acceptors (Lipinski definition) is 3. The molecule has 0 aliphatic carbocycles. The molecular formula is C16H17ClFNOS. The van der Waals surface area contributed by atoms with Gasteiger partial charge in [0.15, 0.2) is 0 Å². The summed E-state index contributed by atoms with van der Waals surface area (Å²) in [5.41, 5.74) is 6.87. The molecule has 5 heteroatoms. The average molecular weight is 326 g/mol. The van der Waals surface area contributed by atoms with Gasteiger partial charge in [-0.2, -0.15) is 0 Å². The molecule has 0 aliphatic heterocycles. The molecule has 0 spiro atoms. The second-order valence-electron chi connectivity index (χ2n) is 5.11. The maximum absolute atomic E-state index is 14.2. The van der Waals surface area contributed by atoms with E-state index in [0.29, 0.717) is 22.0 Å². The quantitative estimate of drug-likeness (QED) is 0.627. The summed E-state index contributed by atoms with van der Waals surface area (Å²) in [5.74, 6) is 0.253. The predicted octanol–water partition coefficient (Wildman–Crippen LogP) is 5.10. The first-order chi connectivity index (χ1) is 9.85. The fourth-order valence-electron chi connectivity index (χ4n) is 2.19. The highest BCUT2D eigenvalue weighted by Crippen LogP contribution is 2.46. The van der Waals surface area contributed by atoms with Crippen molar-refractivity contribution in [2.75, 3.05) is 12.8 Å². The van der Waals surface area contributed by atoms with Crippen LogP contribution in [0.1, 0.15) is 19.4 Å². The number of ether oxygens (including phenoxy) is 1. The fraction of sp³-hybridized carbons (Fsp3) is 0.250. The van der Waals surface area contributed by atoms with E-state index in [0.717, 1.165) is 4.90 Å². The molecule has 0 aromatic heterocycles. The molecule has 0 atom stereocenters. The monoisotopic (exact) mass is 325 g/mol. The standard InChI is InChI=1S/C16H17ClFNOS/c1-16(2,15-12(18)5-4-6-14(15)20-3)21-10-7-8-11(17)13(19)9-10/h4-9H,19H2,1-3H3. The van der Waals surface area contributed by atoms with E-state index in [1.807, 2.05) is 19.9 Å². The Balaban J connectivity index is 2.40. The second-order valence-corrected chi connectivity index (χ2v) is 7.22. The largest absolute Gasteiger partial charge is 0.496 e. The summed E-state index contributed by atoms with van der Waals surface area (Å²) in [7, 11) is 1.54. The van der Waals surface area contributed by atoms with Gasteiger partial charge in [0.05, 0.1) is 17.8 Å². The fourth-order valence-corrected chi connectivity index (χ4v) is 3.52. The highest BCUT2D eigenvalue weighted by molar-refractivity contribution is 8.00. The third kappa shape index (κ3) is 3.44. The van der Waals surface area contributed by atoms with Crippen molar-refractivity contribution in [2.24, 2.45) is 0 Å². The lowest BCUT2D eigenvalue weighted by atomic mass is 10.0. The summed E-state index contributed by atoms with van der Waals surface area (Å²) in [6.07, 6.45) is 0. The first-order valence-corrected chi connectivity index (χ1v) is 7.61. The number of methoxy groups -OCH3 is 1. The van der Waals surface area contributed by atoms with Crippen LogP contribution < -0.4 is 10.5 Å². The smallest absolute Gasteiger partial charge is 0.131 e. The average Bonchev–Trinajstić information content (AvgIpc) is 2.42. The second kappa shape index (κ2) is 6.16. The van der Waals surface area contributed by atoms with E-state index in [2.05, 4.69) is 0 Å². The molecule has 0 saturated carbocycles. The maximum Gasteiger partial charge on any atom is 0.131 e. The van der Waals surface area contributed by atoms with E-state index >= 15 is 0 Å². The Morgan fingerprint density at radius 1 is 1.24 bits per heavy atom. The zero-order valence-corrected chi connectivity index (χ0v) is 13.7. The van der Waals surface area contributed by atoms with Crippen LogP contribution in [-0.2, 0) is 4.75 Å². The Morgan fingerprint density at radius 2 is 1.95 bits per heavy atom. The van der Waals surface area contributed by atoms with Crippen molar-refractivity contribution in [2.45, 2.75) is 23.5 Å². The Hall–Kier alpha value is -1.39. The van der Waals surface area contributed by atoms with E-state index in [4.69, 9.17) is 22.1 Å². The minimum Gasteiger partial charge on any atom is -0.496 e. The van der Waals surface area contributed by atoms with Crippen LogP contribution in [0.3, 0.4) is 0 Å². The SMILES string of the molecule is COc1cccc(F)c1C(C)(C)Sc1ccc(Cl)c(N)c1. The Labute approximate surface area is 133 Å². The van der Waals surface area contributed by atoms with Crippen LogP contribution in [0.2, 0.25) is 5.02 Å². The van der Waals surface area contributed by atoms with Crippen LogP contribution in [0.25, 0.3) is 0 Å². The molecule has 0 radical (unpaired) electrons. The van der Waals surface area contributed by atoms with E-state index < -0.39 is 4.75 Å². The predicted molar refractivity (Wildman–Crippen MR) is 87.7 cm³/mol. The molecule has 0 unspecified atom stereocenters. The van der Waals surface area contributed by atoms with Gasteiger partial charge in [-0.25, -0.2) is 4.39 Å². The third-order valence-electron chi connectivity index (χ3n) is 3.14. The number of benzene rings is 2. The molecule has 112 valence electrons. The van der Waals surface area contributed by atoms with Gasteiger partial charge >= 0.3 is 0 Å². The first kappa shape index (κ1) is 16.0. The van der Waals surface area contributed by atoms with Crippen molar-refractivity contribution in [3.8, 4) is 5.75 Å². The lowest BCUT2D eigenvalue weighted by molar-refractivity contribution is 0.399. The molecule has 2 rings (SSSR count). The molecule has 0 saturated heterocycles. The van der Waals surface area contributed by atoms with Crippen molar-refractivity contribution < 1.29 is 9.13 Å². The number of hydrogen-bond donors (Lipinski definition) is 1. The third-order valence-corrected chi connectivity index (χ3v) is 4.69. The van der Waals surface area contributed by atoms with Gasteiger partial charge in [-0.3, -0.25) is 0 Å². The van der Waals surface area contributed by atoms with Gasteiger partial charge in [0.25, 0.3) is 0 Å². The Morgan fingerprint density at radius 3 is 2.57 bits per heavy atom. The lowest BCUT2D eigenvalue weighted by Crippen LogP contribution is -2.15. The van der Waals surface area contributed by atoms with Crippen LogP contribution in [0.4, 0.5) is 10.1 Å². The number of rotatable bonds is 4. The molecule has 2 nitrogen and oxygen atoms in total. The minimum atomic E-state index is -0.517. The van der Waals surface area contributed by atoms with Crippen molar-refractivity contribution in [1.82, 2.24) is 0 Å². The molecule has 2 aromatic rings.